The molecule has 0 radical (unpaired) electrons. The molecule has 1 N–H and O–H groups in total. The van der Waals surface area contributed by atoms with Gasteiger partial charge in [-0.05, 0) is 55.7 Å². The van der Waals surface area contributed by atoms with Crippen molar-refractivity contribution in [1.29, 1.82) is 0 Å². The fourth-order valence-electron chi connectivity index (χ4n) is 5.00. The van der Waals surface area contributed by atoms with Gasteiger partial charge in [-0.3, -0.25) is 4.79 Å². The van der Waals surface area contributed by atoms with Gasteiger partial charge in [-0.1, -0.05) is 42.5 Å². The number of nitrogens with zero attached hydrogens (tertiary/aromatic N) is 3. The second-order valence-electron chi connectivity index (χ2n) is 9.09. The smallest absolute Gasteiger partial charge is 0.228 e. The maximum absolute atomic E-state index is 13.8. The molecule has 5 nitrogen and oxygen atoms in total. The van der Waals surface area contributed by atoms with E-state index in [2.05, 4.69) is 22.4 Å². The number of nitrogens with one attached hydrogen (secondary N) is 1. The Balaban J connectivity index is 1.34. The fraction of sp³-hybridized carbons (Fsp3) is 0.286. The van der Waals surface area contributed by atoms with E-state index in [0.29, 0.717) is 19.5 Å². The van der Waals surface area contributed by atoms with Crippen LogP contribution in [0.25, 0.3) is 5.65 Å². The standard InChI is InChI=1S/C28H29FN4O/c1-20-26(33-14-6-5-12-27(33)30-20)18-28(34)32-15-13-25(31-24-11-7-10-23(29)17-24)22(19-32)16-21-8-3-2-4-9-21/h2-12,14,17,22,25,31H,13,15-16,18-19H2,1H3/t22-,25+/m0/s1. The molecule has 0 saturated carbocycles. The number of carbonyl (C=O) groups is 1. The predicted octanol–water partition coefficient (Wildman–Crippen LogP) is 4.90. The molecule has 0 unspecified atom stereocenters. The average molecular weight is 457 g/mol. The van der Waals surface area contributed by atoms with Gasteiger partial charge in [0.2, 0.25) is 5.91 Å². The number of imidazole rings is 1. The van der Waals surface area contributed by atoms with Crippen LogP contribution in [0.2, 0.25) is 0 Å². The number of halogens is 1. The summed E-state index contributed by atoms with van der Waals surface area (Å²) < 4.78 is 15.8. The molecule has 34 heavy (non-hydrogen) atoms. The van der Waals surface area contributed by atoms with Gasteiger partial charge >= 0.3 is 0 Å². The lowest BCUT2D eigenvalue weighted by atomic mass is 9.86. The first kappa shape index (κ1) is 22.1. The number of carbonyl (C=O) groups excluding carboxylic acids is 1. The minimum absolute atomic E-state index is 0.121. The third kappa shape index (κ3) is 4.81. The molecule has 1 amide bonds. The second-order valence-corrected chi connectivity index (χ2v) is 9.09. The summed E-state index contributed by atoms with van der Waals surface area (Å²) in [5.74, 6) is 0.0864. The van der Waals surface area contributed by atoms with Crippen molar-refractivity contribution in [3.05, 3.63) is 102 Å². The summed E-state index contributed by atoms with van der Waals surface area (Å²) >= 11 is 0. The zero-order chi connectivity index (χ0) is 23.5. The predicted molar refractivity (Wildman–Crippen MR) is 132 cm³/mol. The molecule has 1 fully saturated rings. The van der Waals surface area contributed by atoms with E-state index in [0.717, 1.165) is 35.6 Å². The first-order chi connectivity index (χ1) is 16.6. The number of amides is 1. The van der Waals surface area contributed by atoms with Crippen molar-refractivity contribution in [3.8, 4) is 0 Å². The van der Waals surface area contributed by atoms with Crippen LogP contribution in [0.15, 0.2) is 79.0 Å². The van der Waals surface area contributed by atoms with Crippen LogP contribution in [0.3, 0.4) is 0 Å². The molecule has 0 spiro atoms. The number of pyridine rings is 1. The van der Waals surface area contributed by atoms with Crippen LogP contribution >= 0.6 is 0 Å². The van der Waals surface area contributed by atoms with E-state index in [4.69, 9.17) is 0 Å². The van der Waals surface area contributed by atoms with Crippen molar-refractivity contribution in [2.24, 2.45) is 5.92 Å². The Morgan fingerprint density at radius 3 is 2.74 bits per heavy atom. The topological polar surface area (TPSA) is 49.6 Å². The van der Waals surface area contributed by atoms with Crippen molar-refractivity contribution >= 4 is 17.2 Å². The van der Waals surface area contributed by atoms with E-state index >= 15 is 0 Å². The first-order valence-electron chi connectivity index (χ1n) is 11.8. The van der Waals surface area contributed by atoms with Crippen LogP contribution in [0, 0.1) is 18.7 Å². The van der Waals surface area contributed by atoms with Crippen molar-refractivity contribution in [2.75, 3.05) is 18.4 Å². The number of fused-ring (bicyclic) bond motifs is 1. The minimum atomic E-state index is -0.249. The van der Waals surface area contributed by atoms with Gasteiger partial charge in [-0.15, -0.1) is 0 Å². The molecule has 1 saturated heterocycles. The van der Waals surface area contributed by atoms with Gasteiger partial charge in [-0.25, -0.2) is 9.37 Å². The minimum Gasteiger partial charge on any atom is -0.382 e. The maximum Gasteiger partial charge on any atom is 0.228 e. The molecule has 3 heterocycles. The van der Waals surface area contributed by atoms with E-state index in [1.807, 2.05) is 64.9 Å². The summed E-state index contributed by atoms with van der Waals surface area (Å²) in [6.45, 7) is 3.30. The monoisotopic (exact) mass is 456 g/mol. The number of anilines is 1. The molecule has 4 aromatic rings. The highest BCUT2D eigenvalue weighted by Crippen LogP contribution is 2.26. The van der Waals surface area contributed by atoms with Crippen LogP contribution in [0.1, 0.15) is 23.4 Å². The molecule has 2 aromatic carbocycles. The van der Waals surface area contributed by atoms with Gasteiger partial charge in [0.25, 0.3) is 0 Å². The summed E-state index contributed by atoms with van der Waals surface area (Å²) in [6.07, 6.45) is 3.96. The van der Waals surface area contributed by atoms with Gasteiger partial charge in [0, 0.05) is 36.9 Å². The number of benzene rings is 2. The molecule has 2 atom stereocenters. The molecule has 0 bridgehead atoms. The zero-order valence-electron chi connectivity index (χ0n) is 19.3. The highest BCUT2D eigenvalue weighted by molar-refractivity contribution is 5.79. The molecular formula is C28H29FN4O. The Labute approximate surface area is 199 Å². The largest absolute Gasteiger partial charge is 0.382 e. The lowest BCUT2D eigenvalue weighted by Gasteiger charge is -2.39. The molecular weight excluding hydrogens is 427 g/mol. The van der Waals surface area contributed by atoms with Crippen molar-refractivity contribution in [3.63, 3.8) is 0 Å². The van der Waals surface area contributed by atoms with Crippen LogP contribution in [0.4, 0.5) is 10.1 Å². The van der Waals surface area contributed by atoms with Gasteiger partial charge < -0.3 is 14.6 Å². The van der Waals surface area contributed by atoms with E-state index < -0.39 is 0 Å². The van der Waals surface area contributed by atoms with Crippen molar-refractivity contribution in [1.82, 2.24) is 14.3 Å². The molecule has 1 aliphatic heterocycles. The van der Waals surface area contributed by atoms with Crippen LogP contribution in [0.5, 0.6) is 0 Å². The van der Waals surface area contributed by atoms with Gasteiger partial charge in [-0.2, -0.15) is 0 Å². The van der Waals surface area contributed by atoms with Gasteiger partial charge in [0.15, 0.2) is 0 Å². The summed E-state index contributed by atoms with van der Waals surface area (Å²) in [5, 5.41) is 3.54. The van der Waals surface area contributed by atoms with Gasteiger partial charge in [0.1, 0.15) is 11.5 Å². The molecule has 174 valence electrons. The van der Waals surface area contributed by atoms with Crippen molar-refractivity contribution < 1.29 is 9.18 Å². The number of rotatable bonds is 6. The summed E-state index contributed by atoms with van der Waals surface area (Å²) in [5.41, 5.74) is 4.72. The summed E-state index contributed by atoms with van der Waals surface area (Å²) in [4.78, 5) is 20.0. The normalized spacial score (nSPS) is 18.2. The van der Waals surface area contributed by atoms with Crippen LogP contribution in [-0.2, 0) is 17.6 Å². The number of hydrogen-bond acceptors (Lipinski definition) is 3. The van der Waals surface area contributed by atoms with Crippen LogP contribution in [-0.4, -0.2) is 39.3 Å². The molecule has 6 heteroatoms. The number of likely N-dealkylation sites (tertiary alicyclic amines) is 1. The molecule has 2 aromatic heterocycles. The highest BCUT2D eigenvalue weighted by Gasteiger charge is 2.32. The first-order valence-corrected chi connectivity index (χ1v) is 11.8. The summed E-state index contributed by atoms with van der Waals surface area (Å²) in [6, 6.07) is 23.0. The van der Waals surface area contributed by atoms with Crippen molar-refractivity contribution in [2.45, 2.75) is 32.2 Å². The number of aromatic nitrogens is 2. The lowest BCUT2D eigenvalue weighted by molar-refractivity contribution is -0.132. The number of aryl methyl sites for hydroxylation is 1. The maximum atomic E-state index is 13.8. The Morgan fingerprint density at radius 1 is 1.09 bits per heavy atom. The van der Waals surface area contributed by atoms with E-state index in [-0.39, 0.29) is 23.7 Å². The quantitative estimate of drug-likeness (QED) is 0.449. The second kappa shape index (κ2) is 9.67. The molecule has 5 rings (SSSR count). The Hall–Kier alpha value is -3.67. The zero-order valence-corrected chi connectivity index (χ0v) is 19.3. The molecule has 0 aliphatic carbocycles. The third-order valence-corrected chi connectivity index (χ3v) is 6.75. The van der Waals surface area contributed by atoms with E-state index in [9.17, 15) is 9.18 Å². The van der Waals surface area contributed by atoms with E-state index in [1.54, 1.807) is 6.07 Å². The van der Waals surface area contributed by atoms with Crippen LogP contribution < -0.4 is 5.32 Å². The highest BCUT2D eigenvalue weighted by atomic mass is 19.1. The SMILES string of the molecule is Cc1nc2ccccn2c1CC(=O)N1CC[C@@H](Nc2cccc(F)c2)[C@@H](Cc2ccccc2)C1. The molecule has 1 aliphatic rings. The van der Waals surface area contributed by atoms with Gasteiger partial charge in [0.05, 0.1) is 17.8 Å². The Bertz CT molecular complexity index is 1290. The fourth-order valence-corrected chi connectivity index (χ4v) is 5.00. The lowest BCUT2D eigenvalue weighted by Crippen LogP contribution is -2.49. The summed E-state index contributed by atoms with van der Waals surface area (Å²) in [7, 11) is 0. The van der Waals surface area contributed by atoms with E-state index in [1.165, 1.54) is 17.7 Å². The average Bonchev–Trinajstić information content (AvgIpc) is 3.16. The Morgan fingerprint density at radius 2 is 1.91 bits per heavy atom. The Kier molecular flexibility index (Phi) is 6.30. The third-order valence-electron chi connectivity index (χ3n) is 6.75. The number of hydrogen-bond donors (Lipinski definition) is 1. The number of piperidine rings is 1.